The number of nitrogens with two attached hydrogens (primary N) is 5. The zero-order valence-electron chi connectivity index (χ0n) is 73.5. The minimum absolute atomic E-state index is 0.0358. The molecule has 15 saturated heterocycles. The van der Waals surface area contributed by atoms with Gasteiger partial charge in [0.25, 0.3) is 0 Å². The maximum Gasteiger partial charge on any atom is 0.317 e. The van der Waals surface area contributed by atoms with Gasteiger partial charge in [-0.3, -0.25) is 29.4 Å². The van der Waals surface area contributed by atoms with E-state index in [1.54, 1.807) is 7.05 Å². The summed E-state index contributed by atoms with van der Waals surface area (Å²) >= 11 is 0. The van der Waals surface area contributed by atoms with Crippen molar-refractivity contribution in [2.75, 3.05) is 152 Å². The number of ether oxygens (including phenoxy) is 5. The fourth-order valence-corrected chi connectivity index (χ4v) is 23.6. The maximum atomic E-state index is 14.1. The lowest BCUT2D eigenvalue weighted by molar-refractivity contribution is -0.0937. The average molecular weight is 1800 g/mol. The summed E-state index contributed by atoms with van der Waals surface area (Å²) in [5, 5.41) is 5.73. The van der Waals surface area contributed by atoms with Gasteiger partial charge in [0.1, 0.15) is 88.7 Å². The van der Waals surface area contributed by atoms with Crippen molar-refractivity contribution in [1.29, 1.82) is 0 Å². The van der Waals surface area contributed by atoms with Crippen LogP contribution in [-0.2, 0) is 23.7 Å². The van der Waals surface area contributed by atoms with Gasteiger partial charge in [0.05, 0.1) is 45.1 Å². The second-order valence-corrected chi connectivity index (χ2v) is 40.0. The van der Waals surface area contributed by atoms with Gasteiger partial charge in [-0.15, -0.1) is 0 Å². The van der Waals surface area contributed by atoms with E-state index in [4.69, 9.17) is 52.4 Å². The van der Waals surface area contributed by atoms with Crippen LogP contribution >= 0.6 is 0 Å². The number of carbonyl (C=O) groups is 2. The highest BCUT2D eigenvalue weighted by Crippen LogP contribution is 2.46. The lowest BCUT2D eigenvalue weighted by Crippen LogP contribution is -2.63. The number of urea groups is 2. The number of likely N-dealkylation sites (tertiary alicyclic amines) is 10. The van der Waals surface area contributed by atoms with Crippen molar-refractivity contribution in [1.82, 2.24) is 59.6 Å². The summed E-state index contributed by atoms with van der Waals surface area (Å²) in [5.74, 6) is -0.474. The molecule has 10 unspecified atom stereocenters. The molecular weight excluding hydrogens is 1670 g/mol. The number of fused-ring (bicyclic) bond motifs is 5. The molecule has 17 aliphatic rings. The van der Waals surface area contributed by atoms with Crippen molar-refractivity contribution in [2.24, 2.45) is 64.2 Å². The van der Waals surface area contributed by atoms with E-state index >= 15 is 0 Å². The summed E-state index contributed by atoms with van der Waals surface area (Å²) in [6.45, 7) is 23.5. The van der Waals surface area contributed by atoms with Crippen LogP contribution in [0.1, 0.15) is 130 Å². The van der Waals surface area contributed by atoms with Crippen molar-refractivity contribution in [2.45, 2.75) is 205 Å². The lowest BCUT2D eigenvalue weighted by atomic mass is 9.86. The highest BCUT2D eigenvalue weighted by atomic mass is 19.2. The van der Waals surface area contributed by atoms with Gasteiger partial charge in [-0.1, -0.05) is 0 Å². The molecule has 2 aliphatic carbocycles. The molecular formula is C94H127F10N17O7. The molecule has 5 aromatic carbocycles. The van der Waals surface area contributed by atoms with Gasteiger partial charge in [-0.05, 0) is 176 Å². The van der Waals surface area contributed by atoms with E-state index in [-0.39, 0.29) is 94.3 Å². The minimum Gasteiger partial charge on any atom is -0.370 e. The van der Waals surface area contributed by atoms with E-state index in [1.165, 1.54) is 56.7 Å². The van der Waals surface area contributed by atoms with E-state index in [0.29, 0.717) is 94.0 Å². The molecule has 0 spiro atoms. The highest BCUT2D eigenvalue weighted by molar-refractivity contribution is 5.76. The smallest absolute Gasteiger partial charge is 0.317 e. The first kappa shape index (κ1) is 91.7. The number of nitrogens with zero attached hydrogens (tertiary/aromatic N) is 10. The van der Waals surface area contributed by atoms with Crippen LogP contribution in [0.2, 0.25) is 0 Å². The van der Waals surface area contributed by atoms with Gasteiger partial charge >= 0.3 is 12.1 Å². The number of halogens is 10. The van der Waals surface area contributed by atoms with Crippen LogP contribution in [0.15, 0.2) is 91.0 Å². The molecule has 0 radical (unpaired) electrons. The van der Waals surface area contributed by atoms with Crippen molar-refractivity contribution in [3.8, 4) is 0 Å². The Bertz CT molecular complexity index is 4730. The van der Waals surface area contributed by atoms with E-state index < -0.39 is 101 Å². The molecule has 12 N–H and O–H groups in total. The Morgan fingerprint density at radius 3 is 1.05 bits per heavy atom. The maximum absolute atomic E-state index is 14.1. The number of amides is 4. The molecule has 24 nitrogen and oxygen atoms in total. The number of hydrogen-bond acceptors (Lipinski definition) is 20. The Balaban J connectivity index is 0.000000108. The molecule has 15 aliphatic heterocycles. The van der Waals surface area contributed by atoms with Gasteiger partial charge in [0.15, 0.2) is 0 Å². The largest absolute Gasteiger partial charge is 0.370 e. The monoisotopic (exact) mass is 1800 g/mol. The Morgan fingerprint density at radius 2 is 0.703 bits per heavy atom. The third-order valence-electron chi connectivity index (χ3n) is 31.0. The molecule has 25 atom stereocenters. The number of nitrogens with one attached hydrogen (secondary N) is 2. The molecule has 2 saturated carbocycles. The third-order valence-corrected chi connectivity index (χ3v) is 31.0. The van der Waals surface area contributed by atoms with Crippen molar-refractivity contribution >= 4 is 12.1 Å². The summed E-state index contributed by atoms with van der Waals surface area (Å²) in [6, 6.07) is 19.8. The third kappa shape index (κ3) is 19.6. The number of benzene rings is 5. The zero-order chi connectivity index (χ0) is 89.5. The van der Waals surface area contributed by atoms with Crippen LogP contribution in [0.4, 0.5) is 53.5 Å². The molecule has 17 fully saturated rings. The van der Waals surface area contributed by atoms with Gasteiger partial charge < -0.3 is 82.6 Å². The van der Waals surface area contributed by atoms with Crippen LogP contribution in [0, 0.1) is 93.7 Å². The van der Waals surface area contributed by atoms with Crippen LogP contribution in [0.25, 0.3) is 0 Å². The van der Waals surface area contributed by atoms with Crippen LogP contribution in [0.5, 0.6) is 0 Å². The predicted molar refractivity (Wildman–Crippen MR) is 460 cm³/mol. The lowest BCUT2D eigenvalue weighted by Gasteiger charge is -2.51. The van der Waals surface area contributed by atoms with Crippen molar-refractivity contribution in [3.63, 3.8) is 0 Å². The summed E-state index contributed by atoms with van der Waals surface area (Å²) in [7, 11) is 3.80. The van der Waals surface area contributed by atoms with E-state index in [2.05, 4.69) is 70.7 Å². The summed E-state index contributed by atoms with van der Waals surface area (Å²) < 4.78 is 167. The molecule has 5 aromatic rings. The number of carbonyl (C=O) groups excluding carboxylic acids is 2. The molecule has 22 rings (SSSR count). The second kappa shape index (κ2) is 38.7. The Hall–Kier alpha value is -6.78. The van der Waals surface area contributed by atoms with E-state index in [0.717, 1.165) is 208 Å². The van der Waals surface area contributed by atoms with Crippen molar-refractivity contribution in [3.05, 3.63) is 177 Å². The quantitative estimate of drug-likeness (QED) is 0.0515. The summed E-state index contributed by atoms with van der Waals surface area (Å²) in [6.07, 6.45) is 5.61. The normalized spacial score (nSPS) is 36.5. The van der Waals surface area contributed by atoms with E-state index in [9.17, 15) is 53.5 Å². The summed E-state index contributed by atoms with van der Waals surface area (Å²) in [5.41, 5.74) is 32.5. The Kier molecular flexibility index (Phi) is 27.7. The van der Waals surface area contributed by atoms with Crippen LogP contribution < -0.4 is 39.3 Å². The zero-order valence-corrected chi connectivity index (χ0v) is 73.5. The average Bonchev–Trinajstić information content (AvgIpc) is 1.64. The minimum atomic E-state index is -0.636. The standard InChI is InChI=1S/C20H26F2N4O2.C20H27F2N3O.C19H27F2N3O.C18H24F2N4O2.C17H23F2N3O/c21-12-1-4-16(22)15(5-12)19-17(23)6-14(10-28-19)25-7-11-8-26(18(11)9-25)20(27)24-13-2-3-13;21-14-3-4-17(22)16(5-14)20-18(23)6-15(11-26-20)25-9-13-8-24(10-19(13)25)7-12-1-2-12;1-11(2)23-7-12-8-24(18(12)9-23)14-6-17(22)19(25-10-14)15-5-13(20)3-4-16(15)21;1-22-18(25)24-7-10-6-23(8-16(10)24)12-5-15(21)17(26-9-12)13-4-11(19)2-3-14(13)20;1-21-6-10-7-22(16(10)8-21)12-5-15(20)17(23-9-12)13-4-11(18)2-3-14(13)19/h1,4-5,11,13-14,17-19H,2-3,6-10,23H2,(H,24,27);3-5,12-13,15,18-20H,1-2,6-11,23H2;3-5,11-12,14,17-19H,6-10,22H2,1-2H3;2-4,10,12,15-17H,5-9,21H2,1H3,(H,22,25);2-4,10,12,15-17H,5-9,20H2,1H3/t11?,14-,17+,18?,19-;13?,15-,18+,19?,20-;12?,14-,17+,18?,19-;2*10?,12-,15+,16?,17-/m11111/s1. The molecule has 15 heterocycles. The fraction of sp³-hybridized carbons (Fsp3) is 0.660. The number of likely N-dealkylation sites (N-methyl/N-ethyl adjacent to an activating group) is 1. The summed E-state index contributed by atoms with van der Waals surface area (Å²) in [4.78, 5) is 47.6. The van der Waals surface area contributed by atoms with Crippen molar-refractivity contribution < 1.29 is 77.2 Å². The second-order valence-electron chi connectivity index (χ2n) is 40.0. The Labute approximate surface area is 743 Å². The molecule has 0 bridgehead atoms. The first-order valence-corrected chi connectivity index (χ1v) is 46.6. The predicted octanol–water partition coefficient (Wildman–Crippen LogP) is 8.35. The first-order chi connectivity index (χ1) is 61.5. The van der Waals surface area contributed by atoms with E-state index in [1.807, 2.05) is 9.80 Å². The highest BCUT2D eigenvalue weighted by Gasteiger charge is 2.56. The topological polar surface area (TPSA) is 267 Å². The van der Waals surface area contributed by atoms with Crippen LogP contribution in [-0.4, -0.2) is 316 Å². The fourth-order valence-electron chi connectivity index (χ4n) is 23.6. The van der Waals surface area contributed by atoms with Gasteiger partial charge in [0, 0.05) is 260 Å². The van der Waals surface area contributed by atoms with Crippen LogP contribution in [0.3, 0.4) is 0 Å². The molecule has 0 aromatic heterocycles. The molecule has 700 valence electrons. The first-order valence-electron chi connectivity index (χ1n) is 46.6. The molecule has 128 heavy (non-hydrogen) atoms. The van der Waals surface area contributed by atoms with Gasteiger partial charge in [0.2, 0.25) is 0 Å². The van der Waals surface area contributed by atoms with Gasteiger partial charge in [-0.2, -0.15) is 0 Å². The Morgan fingerprint density at radius 1 is 0.375 bits per heavy atom. The number of hydrogen-bond donors (Lipinski definition) is 7. The SMILES string of the molecule is CC(C)N1CC2CN([C@H]3CO[C@H](c4cc(F)ccc4F)[C@@H](N)C3)C2C1.CN1CC2CN([C@H]3CO[C@H](c4cc(F)ccc4F)[C@@H](N)C3)C2C1.CNC(=O)N1CC2CN([C@H]3CO[C@H](c4cc(F)ccc4F)[C@@H](N)C3)CC21.N[C@H]1C[C@@H](N2CC3CN(C(=O)NC4CC4)C3C2)CO[C@@H]1c1cc(F)ccc1F.N[C@H]1C[C@@H](N2CC3CN(CC4CC4)CC32)CO[C@@H]1c1cc(F)ccc1F. The molecule has 4 amide bonds. The van der Waals surface area contributed by atoms with Gasteiger partial charge in [-0.25, -0.2) is 53.5 Å². The number of rotatable bonds is 14. The molecule has 34 heteroatoms.